The third kappa shape index (κ3) is 7.06. The van der Waals surface area contributed by atoms with E-state index in [9.17, 15) is 4.79 Å². The first kappa shape index (κ1) is 23.3. The smallest absolute Gasteiger partial charge is 0.234 e. The van der Waals surface area contributed by atoms with Crippen molar-refractivity contribution in [3.63, 3.8) is 0 Å². The molecule has 0 radical (unpaired) electrons. The average Bonchev–Trinajstić information content (AvgIpc) is 2.76. The summed E-state index contributed by atoms with van der Waals surface area (Å²) in [6, 6.07) is 19.3. The van der Waals surface area contributed by atoms with Crippen LogP contribution in [0.3, 0.4) is 0 Å². The van der Waals surface area contributed by atoms with Crippen molar-refractivity contribution in [1.29, 1.82) is 0 Å². The van der Waals surface area contributed by atoms with E-state index in [1.54, 1.807) is 0 Å². The van der Waals surface area contributed by atoms with Gasteiger partial charge < -0.3 is 15.1 Å². The van der Waals surface area contributed by atoms with Gasteiger partial charge in [-0.05, 0) is 37.4 Å². The number of amides is 1. The Morgan fingerprint density at radius 2 is 1.52 bits per heavy atom. The number of carbonyl (C=O) groups excluding carboxylic acids is 1. The molecule has 1 amide bonds. The molecule has 0 bridgehead atoms. The number of hydrogen-bond acceptors (Lipinski definition) is 5. The van der Waals surface area contributed by atoms with E-state index in [0.29, 0.717) is 13.1 Å². The first-order chi connectivity index (χ1) is 14.9. The number of likely N-dealkylation sites (N-methyl/N-ethyl adjacent to an activating group) is 1. The van der Waals surface area contributed by atoms with Crippen molar-refractivity contribution >= 4 is 11.6 Å². The first-order valence-electron chi connectivity index (χ1n) is 11.1. The standard InChI is InChI=1S/C25H37N5O/c1-27(2)23-12-10-22(11-13-23)24(28(3)4)18-26-25(31)20-30-16-14-29(15-17-30)19-21-8-6-5-7-9-21/h5-13,24H,14-20H2,1-4H3,(H,26,31)/t24-/m1/s1. The zero-order chi connectivity index (χ0) is 22.2. The Labute approximate surface area is 187 Å². The Balaban J connectivity index is 1.43. The Morgan fingerprint density at radius 1 is 0.903 bits per heavy atom. The van der Waals surface area contributed by atoms with Crippen molar-refractivity contribution in [2.75, 3.05) is 72.4 Å². The van der Waals surface area contributed by atoms with E-state index in [4.69, 9.17) is 0 Å². The first-order valence-corrected chi connectivity index (χ1v) is 11.1. The van der Waals surface area contributed by atoms with Crippen molar-refractivity contribution in [1.82, 2.24) is 20.0 Å². The van der Waals surface area contributed by atoms with E-state index in [-0.39, 0.29) is 11.9 Å². The number of rotatable bonds is 9. The molecule has 168 valence electrons. The molecule has 6 heteroatoms. The van der Waals surface area contributed by atoms with Gasteiger partial charge in [0.2, 0.25) is 5.91 Å². The molecule has 1 saturated heterocycles. The highest BCUT2D eigenvalue weighted by atomic mass is 16.2. The second-order valence-electron chi connectivity index (χ2n) is 8.81. The summed E-state index contributed by atoms with van der Waals surface area (Å²) in [6.45, 7) is 5.94. The molecular formula is C25H37N5O. The number of nitrogens with zero attached hydrogens (tertiary/aromatic N) is 4. The van der Waals surface area contributed by atoms with E-state index in [2.05, 4.69) is 93.6 Å². The van der Waals surface area contributed by atoms with Gasteiger partial charge in [0, 0.05) is 59.1 Å². The molecule has 0 saturated carbocycles. The van der Waals surface area contributed by atoms with E-state index < -0.39 is 0 Å². The van der Waals surface area contributed by atoms with Crippen LogP contribution in [0.5, 0.6) is 0 Å². The third-order valence-electron chi connectivity index (χ3n) is 5.99. The summed E-state index contributed by atoms with van der Waals surface area (Å²) in [5.74, 6) is 0.105. The number of benzene rings is 2. The molecule has 2 aromatic rings. The Hall–Kier alpha value is -2.41. The molecule has 3 rings (SSSR count). The monoisotopic (exact) mass is 423 g/mol. The summed E-state index contributed by atoms with van der Waals surface area (Å²) < 4.78 is 0. The molecule has 0 aliphatic carbocycles. The second kappa shape index (κ2) is 11.3. The Bertz CT molecular complexity index is 798. The van der Waals surface area contributed by atoms with Crippen molar-refractivity contribution in [2.24, 2.45) is 0 Å². The van der Waals surface area contributed by atoms with Crippen LogP contribution < -0.4 is 10.2 Å². The second-order valence-corrected chi connectivity index (χ2v) is 8.81. The normalized spacial score (nSPS) is 16.3. The summed E-state index contributed by atoms with van der Waals surface area (Å²) in [5, 5.41) is 3.15. The van der Waals surface area contributed by atoms with Gasteiger partial charge in [-0.2, -0.15) is 0 Å². The van der Waals surface area contributed by atoms with Gasteiger partial charge in [-0.15, -0.1) is 0 Å². The highest BCUT2D eigenvalue weighted by Gasteiger charge is 2.20. The lowest BCUT2D eigenvalue weighted by atomic mass is 10.1. The molecule has 6 nitrogen and oxygen atoms in total. The molecule has 0 spiro atoms. The van der Waals surface area contributed by atoms with E-state index in [1.807, 2.05) is 14.1 Å². The Kier molecular flexibility index (Phi) is 8.46. The van der Waals surface area contributed by atoms with Crippen LogP contribution in [0.4, 0.5) is 5.69 Å². The van der Waals surface area contributed by atoms with Crippen molar-refractivity contribution in [2.45, 2.75) is 12.6 Å². The number of nitrogens with one attached hydrogen (secondary N) is 1. The van der Waals surface area contributed by atoms with Crippen molar-refractivity contribution < 1.29 is 4.79 Å². The largest absolute Gasteiger partial charge is 0.378 e. The van der Waals surface area contributed by atoms with Gasteiger partial charge in [0.15, 0.2) is 0 Å². The molecular weight excluding hydrogens is 386 g/mol. The van der Waals surface area contributed by atoms with E-state index in [1.165, 1.54) is 16.8 Å². The number of piperazine rings is 1. The van der Waals surface area contributed by atoms with Crippen LogP contribution in [0.25, 0.3) is 0 Å². The highest BCUT2D eigenvalue weighted by molar-refractivity contribution is 5.78. The van der Waals surface area contributed by atoms with Crippen molar-refractivity contribution in [3.05, 3.63) is 65.7 Å². The fourth-order valence-corrected chi connectivity index (χ4v) is 4.01. The predicted molar refractivity (Wildman–Crippen MR) is 128 cm³/mol. The minimum Gasteiger partial charge on any atom is -0.378 e. The topological polar surface area (TPSA) is 42.1 Å². The molecule has 1 N–H and O–H groups in total. The van der Waals surface area contributed by atoms with E-state index in [0.717, 1.165) is 32.7 Å². The molecule has 0 aromatic heterocycles. The summed E-state index contributed by atoms with van der Waals surface area (Å²) >= 11 is 0. The highest BCUT2D eigenvalue weighted by Crippen LogP contribution is 2.21. The zero-order valence-electron chi connectivity index (χ0n) is 19.4. The zero-order valence-corrected chi connectivity index (χ0v) is 19.4. The average molecular weight is 424 g/mol. The molecule has 1 heterocycles. The summed E-state index contributed by atoms with van der Waals surface area (Å²) in [4.78, 5) is 21.6. The van der Waals surface area contributed by atoms with Crippen molar-refractivity contribution in [3.8, 4) is 0 Å². The summed E-state index contributed by atoms with van der Waals surface area (Å²) in [6.07, 6.45) is 0. The lowest BCUT2D eigenvalue weighted by molar-refractivity contribution is -0.122. The van der Waals surface area contributed by atoms with Crippen LogP contribution >= 0.6 is 0 Å². The van der Waals surface area contributed by atoms with Gasteiger partial charge in [0.05, 0.1) is 12.6 Å². The Morgan fingerprint density at radius 3 is 2.10 bits per heavy atom. The minimum absolute atomic E-state index is 0.105. The lowest BCUT2D eigenvalue weighted by Crippen LogP contribution is -2.49. The van der Waals surface area contributed by atoms with Gasteiger partial charge in [-0.3, -0.25) is 14.6 Å². The molecule has 1 aliphatic rings. The van der Waals surface area contributed by atoms with Gasteiger partial charge in [-0.1, -0.05) is 42.5 Å². The molecule has 1 atom stereocenters. The van der Waals surface area contributed by atoms with Gasteiger partial charge >= 0.3 is 0 Å². The van der Waals surface area contributed by atoms with Crippen LogP contribution in [0.1, 0.15) is 17.2 Å². The number of carbonyl (C=O) groups is 1. The third-order valence-corrected chi connectivity index (χ3v) is 5.99. The van der Waals surface area contributed by atoms with Crippen LogP contribution in [-0.2, 0) is 11.3 Å². The fraction of sp³-hybridized carbons (Fsp3) is 0.480. The number of hydrogen-bond donors (Lipinski definition) is 1. The molecule has 31 heavy (non-hydrogen) atoms. The molecule has 2 aromatic carbocycles. The molecule has 1 aliphatic heterocycles. The van der Waals surface area contributed by atoms with Crippen LogP contribution in [0.2, 0.25) is 0 Å². The minimum atomic E-state index is 0.105. The fourth-order valence-electron chi connectivity index (χ4n) is 4.01. The SMILES string of the molecule is CN(C)c1ccc([C@@H](CNC(=O)CN2CCN(Cc3ccccc3)CC2)N(C)C)cc1. The summed E-state index contributed by atoms with van der Waals surface area (Å²) in [5.41, 5.74) is 3.74. The summed E-state index contributed by atoms with van der Waals surface area (Å²) in [7, 11) is 8.20. The van der Waals surface area contributed by atoms with Crippen LogP contribution in [-0.4, -0.2) is 88.1 Å². The van der Waals surface area contributed by atoms with Gasteiger partial charge in [0.25, 0.3) is 0 Å². The van der Waals surface area contributed by atoms with Crippen LogP contribution in [0, 0.1) is 0 Å². The maximum absolute atomic E-state index is 12.6. The van der Waals surface area contributed by atoms with E-state index >= 15 is 0 Å². The number of anilines is 1. The quantitative estimate of drug-likeness (QED) is 0.670. The molecule has 1 fully saturated rings. The van der Waals surface area contributed by atoms with Gasteiger partial charge in [0.1, 0.15) is 0 Å². The predicted octanol–water partition coefficient (Wildman–Crippen LogP) is 2.29. The maximum atomic E-state index is 12.6. The maximum Gasteiger partial charge on any atom is 0.234 e. The lowest BCUT2D eigenvalue weighted by Gasteiger charge is -2.34. The molecule has 0 unspecified atom stereocenters. The van der Waals surface area contributed by atoms with Gasteiger partial charge in [-0.25, -0.2) is 0 Å². The van der Waals surface area contributed by atoms with Crippen LogP contribution in [0.15, 0.2) is 54.6 Å².